The van der Waals surface area contributed by atoms with Gasteiger partial charge in [-0.25, -0.2) is 17.6 Å². The van der Waals surface area contributed by atoms with E-state index < -0.39 is 43.4 Å². The van der Waals surface area contributed by atoms with Gasteiger partial charge in [0, 0.05) is 38.3 Å². The average Bonchev–Trinajstić information content (AvgIpc) is 2.91. The van der Waals surface area contributed by atoms with Crippen LogP contribution in [-0.2, 0) is 0 Å². The summed E-state index contributed by atoms with van der Waals surface area (Å²) in [5, 5.41) is 3.72. The summed E-state index contributed by atoms with van der Waals surface area (Å²) < 4.78 is 98.2. The van der Waals surface area contributed by atoms with Gasteiger partial charge in [-0.3, -0.25) is 0 Å². The van der Waals surface area contributed by atoms with Gasteiger partial charge in [0.05, 0.1) is 0 Å². The van der Waals surface area contributed by atoms with Gasteiger partial charge in [0.25, 0.3) is 0 Å². The van der Waals surface area contributed by atoms with E-state index in [1.54, 1.807) is 36.4 Å². The van der Waals surface area contributed by atoms with Crippen LogP contribution in [0, 0.1) is 23.3 Å². The molecule has 5 aromatic rings. The molecule has 0 fully saturated rings. The van der Waals surface area contributed by atoms with Crippen LogP contribution in [0.5, 0.6) is 0 Å². The first kappa shape index (κ1) is 33.8. The molecule has 5 rings (SSSR count). The fraction of sp³-hybridized carbons (Fsp3) is 0.0323. The zero-order valence-corrected chi connectivity index (χ0v) is 25.3. The lowest BCUT2D eigenvalue weighted by Crippen LogP contribution is -2.36. The van der Waals surface area contributed by atoms with E-state index in [1.165, 1.54) is 24.3 Å². The van der Waals surface area contributed by atoms with E-state index >= 15 is 0 Å². The Balaban J connectivity index is 0.000000818. The van der Waals surface area contributed by atoms with E-state index in [-0.39, 0.29) is 11.1 Å². The Bertz CT molecular complexity index is 1520. The molecule has 0 unspecified atom stereocenters. The molecule has 13 heteroatoms. The van der Waals surface area contributed by atoms with E-state index in [9.17, 15) is 34.8 Å². The second-order valence-corrected chi connectivity index (χ2v) is 14.3. The van der Waals surface area contributed by atoms with E-state index in [0.29, 0.717) is 15.1 Å². The largest absolute Gasteiger partial charge is 0.673 e. The predicted molar refractivity (Wildman–Crippen MR) is 165 cm³/mol. The first-order valence-corrected chi connectivity index (χ1v) is 15.6. The van der Waals surface area contributed by atoms with Crippen molar-refractivity contribution in [3.63, 3.8) is 0 Å². The van der Waals surface area contributed by atoms with Crippen molar-refractivity contribution in [2.75, 3.05) is 0 Å². The van der Waals surface area contributed by atoms with Gasteiger partial charge in [-0.15, -0.1) is 0 Å². The Kier molecular flexibility index (Phi) is 10.7. The highest BCUT2D eigenvalue weighted by atomic mass is 35.5. The van der Waals surface area contributed by atoms with Crippen LogP contribution in [0.3, 0.4) is 0 Å². The van der Waals surface area contributed by atoms with Gasteiger partial charge >= 0.3 is 7.25 Å². The Morgan fingerprint density at radius 2 is 0.659 bits per heavy atom. The van der Waals surface area contributed by atoms with E-state index in [1.807, 2.05) is 36.4 Å². The van der Waals surface area contributed by atoms with Crippen molar-refractivity contribution in [2.24, 2.45) is 0 Å². The maximum atomic E-state index is 14.8. The standard InChI is InChI=1S/C31H19Cl3F4P.BF4/c32-21-1-7-28(8-2-21)39(29-9-3-22(33)4-10-29,30-11-5-23(34)6-12-30)31(19-13-24(35)17-25(36)14-19)20-15-26(37)18-27(38)16-20;2-1(3,4)5/h1-18,31H;/q+1;-1. The highest BCUT2D eigenvalue weighted by Gasteiger charge is 2.54. The van der Waals surface area contributed by atoms with Crippen LogP contribution in [0.4, 0.5) is 34.8 Å². The van der Waals surface area contributed by atoms with Crippen molar-refractivity contribution in [1.29, 1.82) is 0 Å². The smallest absolute Gasteiger partial charge is 0.418 e. The van der Waals surface area contributed by atoms with Crippen molar-refractivity contribution in [1.82, 2.24) is 0 Å². The topological polar surface area (TPSA) is 0 Å². The summed E-state index contributed by atoms with van der Waals surface area (Å²) in [4.78, 5) is 0. The summed E-state index contributed by atoms with van der Waals surface area (Å²) in [6, 6.07) is 27.6. The zero-order chi connectivity index (χ0) is 32.2. The Hall–Kier alpha value is -3.10. The number of hydrogen-bond acceptors (Lipinski definition) is 0. The van der Waals surface area contributed by atoms with Crippen molar-refractivity contribution >= 4 is 65.2 Å². The minimum atomic E-state index is -6.00. The first-order chi connectivity index (χ1) is 20.7. The summed E-state index contributed by atoms with van der Waals surface area (Å²) in [5.74, 6) is -3.25. The molecule has 5 aromatic carbocycles. The SMILES string of the molecule is F[B-](F)(F)F.Fc1cc(F)cc(C(c2cc(F)cc(F)c2)[P+](c2ccc(Cl)cc2)(c2ccc(Cl)cc2)c2ccc(Cl)cc2)c1. The predicted octanol–water partition coefficient (Wildman–Crippen LogP) is 10.6. The second-order valence-electron chi connectivity index (χ2n) is 9.45. The van der Waals surface area contributed by atoms with Gasteiger partial charge in [0.2, 0.25) is 0 Å². The van der Waals surface area contributed by atoms with Gasteiger partial charge in [0.1, 0.15) is 52.1 Å². The molecule has 0 aromatic heterocycles. The van der Waals surface area contributed by atoms with Gasteiger partial charge < -0.3 is 17.3 Å². The van der Waals surface area contributed by atoms with Crippen LogP contribution < -0.4 is 15.9 Å². The quantitative estimate of drug-likeness (QED) is 0.0945. The molecule has 228 valence electrons. The van der Waals surface area contributed by atoms with Crippen LogP contribution in [0.2, 0.25) is 15.1 Å². The van der Waals surface area contributed by atoms with Crippen molar-refractivity contribution < 1.29 is 34.8 Å². The normalized spacial score (nSPS) is 11.7. The van der Waals surface area contributed by atoms with Gasteiger partial charge in [-0.2, -0.15) is 0 Å². The van der Waals surface area contributed by atoms with Crippen molar-refractivity contribution in [2.45, 2.75) is 5.66 Å². The van der Waals surface area contributed by atoms with Gasteiger partial charge in [0.15, 0.2) is 0 Å². The van der Waals surface area contributed by atoms with Gasteiger partial charge in [-0.1, -0.05) is 34.8 Å². The molecule has 0 amide bonds. The maximum Gasteiger partial charge on any atom is 0.673 e. The molecular formula is C31H19BCl3F8P. The molecular weight excluding hydrogens is 672 g/mol. The highest BCUT2D eigenvalue weighted by Crippen LogP contribution is 2.69. The summed E-state index contributed by atoms with van der Waals surface area (Å²) in [6.45, 7) is 0. The molecule has 0 radical (unpaired) electrons. The molecule has 0 aliphatic heterocycles. The molecule has 0 spiro atoms. The summed E-state index contributed by atoms with van der Waals surface area (Å²) in [6.07, 6.45) is 0. The van der Waals surface area contributed by atoms with Crippen LogP contribution in [-0.4, -0.2) is 7.25 Å². The van der Waals surface area contributed by atoms with E-state index in [0.717, 1.165) is 28.0 Å². The van der Waals surface area contributed by atoms with Crippen LogP contribution >= 0.6 is 42.1 Å². The molecule has 0 aliphatic carbocycles. The summed E-state index contributed by atoms with van der Waals surface area (Å²) in [5.41, 5.74) is -0.493. The third kappa shape index (κ3) is 8.13. The van der Waals surface area contributed by atoms with Crippen molar-refractivity contribution in [3.05, 3.63) is 159 Å². The number of rotatable bonds is 6. The average molecular weight is 692 g/mol. The molecule has 44 heavy (non-hydrogen) atoms. The molecule has 0 atom stereocenters. The molecule has 0 aliphatic rings. The Morgan fingerprint density at radius 3 is 0.886 bits per heavy atom. The fourth-order valence-electron chi connectivity index (χ4n) is 5.03. The van der Waals surface area contributed by atoms with Crippen LogP contribution in [0.1, 0.15) is 16.8 Å². The van der Waals surface area contributed by atoms with Gasteiger partial charge in [-0.05, 0) is 97.1 Å². The van der Waals surface area contributed by atoms with E-state index in [2.05, 4.69) is 0 Å². The van der Waals surface area contributed by atoms with Crippen LogP contribution in [0.25, 0.3) is 0 Å². The summed E-state index contributed by atoms with van der Waals surface area (Å²) in [7, 11) is -9.09. The maximum absolute atomic E-state index is 14.8. The third-order valence-electron chi connectivity index (χ3n) is 6.49. The number of benzene rings is 5. The molecule has 0 nitrogen and oxygen atoms in total. The lowest BCUT2D eigenvalue weighted by atomic mass is 10.0. The molecule has 0 bridgehead atoms. The first-order valence-electron chi connectivity index (χ1n) is 12.6. The molecule has 0 saturated carbocycles. The van der Waals surface area contributed by atoms with Crippen molar-refractivity contribution in [3.8, 4) is 0 Å². The fourth-order valence-corrected chi connectivity index (χ4v) is 10.2. The molecule has 0 heterocycles. The summed E-state index contributed by atoms with van der Waals surface area (Å²) >= 11 is 18.8. The number of halogens is 11. The second kappa shape index (κ2) is 13.9. The number of hydrogen-bond donors (Lipinski definition) is 0. The Morgan fingerprint density at radius 1 is 0.432 bits per heavy atom. The Labute approximate surface area is 263 Å². The molecule has 0 N–H and O–H groups in total. The lowest BCUT2D eigenvalue weighted by molar-refractivity contribution is 0.368. The minimum absolute atomic E-state index is 0.214. The van der Waals surface area contributed by atoms with Crippen LogP contribution in [0.15, 0.2) is 109 Å². The monoisotopic (exact) mass is 690 g/mol. The van der Waals surface area contributed by atoms with E-state index in [4.69, 9.17) is 34.8 Å². The third-order valence-corrected chi connectivity index (χ3v) is 12.0. The lowest BCUT2D eigenvalue weighted by Gasteiger charge is -2.35. The highest BCUT2D eigenvalue weighted by molar-refractivity contribution is 7.96. The minimum Gasteiger partial charge on any atom is -0.418 e. The molecule has 0 saturated heterocycles. The zero-order valence-electron chi connectivity index (χ0n) is 22.2.